The number of allylic oxidation sites excluding steroid dienone is 1. The van der Waals surface area contributed by atoms with Gasteiger partial charge >= 0.3 is 5.69 Å². The van der Waals surface area contributed by atoms with Crippen LogP contribution >= 0.6 is 0 Å². The standard InChI is InChI=1S/C34H37F2N5O4S/c1-8-21(6)39-15-16-40(22(7)18-39)32-24-17-26(36)30(29-25(35)12-10-13-27(29)42)37-33(24)41(34(43)38-32)31-23(19(2)3)11-9-14-28(31)46(44,45)20(4)5/h8-14,17,19-20,22,42H,1,6,15-16,18H2,2-5,7H3/t22-/m0/s1. The van der Waals surface area contributed by atoms with E-state index in [-0.39, 0.29) is 39.4 Å². The maximum absolute atomic E-state index is 16.0. The number of phenolic OH excluding ortho intramolecular Hbond substituents is 1. The van der Waals surface area contributed by atoms with Gasteiger partial charge in [-0.2, -0.15) is 4.98 Å². The van der Waals surface area contributed by atoms with Gasteiger partial charge in [-0.05, 0) is 62.6 Å². The van der Waals surface area contributed by atoms with Gasteiger partial charge in [0, 0.05) is 31.4 Å². The van der Waals surface area contributed by atoms with Crippen LogP contribution in [0.25, 0.3) is 28.0 Å². The summed E-state index contributed by atoms with van der Waals surface area (Å²) < 4.78 is 59.7. The number of para-hydroxylation sites is 1. The molecule has 3 heterocycles. The Morgan fingerprint density at radius 2 is 1.76 bits per heavy atom. The van der Waals surface area contributed by atoms with E-state index in [2.05, 4.69) is 23.1 Å². The summed E-state index contributed by atoms with van der Waals surface area (Å²) in [5, 5.41) is 9.85. The first-order valence-electron chi connectivity index (χ1n) is 15.0. The van der Waals surface area contributed by atoms with Crippen LogP contribution in [0.2, 0.25) is 0 Å². The van der Waals surface area contributed by atoms with Gasteiger partial charge in [0.2, 0.25) is 0 Å². The zero-order chi connectivity index (χ0) is 33.7. The molecule has 0 spiro atoms. The van der Waals surface area contributed by atoms with Crippen molar-refractivity contribution in [3.63, 3.8) is 0 Å². The van der Waals surface area contributed by atoms with E-state index in [0.29, 0.717) is 25.2 Å². The zero-order valence-electron chi connectivity index (χ0n) is 26.5. The molecule has 1 N–H and O–H groups in total. The number of hydrogen-bond acceptors (Lipinski definition) is 8. The van der Waals surface area contributed by atoms with Crippen molar-refractivity contribution in [2.45, 2.75) is 56.7 Å². The molecule has 0 unspecified atom stereocenters. The van der Waals surface area contributed by atoms with Crippen molar-refractivity contribution in [1.29, 1.82) is 0 Å². The predicted octanol–water partition coefficient (Wildman–Crippen LogP) is 5.95. The Balaban J connectivity index is 1.91. The van der Waals surface area contributed by atoms with Gasteiger partial charge in [0.15, 0.2) is 21.3 Å². The van der Waals surface area contributed by atoms with Crippen molar-refractivity contribution in [2.75, 3.05) is 24.5 Å². The van der Waals surface area contributed by atoms with Crippen LogP contribution in [0.5, 0.6) is 5.75 Å². The van der Waals surface area contributed by atoms with Crippen LogP contribution in [0, 0.1) is 11.6 Å². The minimum atomic E-state index is -3.96. The molecule has 0 amide bonds. The maximum Gasteiger partial charge on any atom is 0.355 e. The van der Waals surface area contributed by atoms with Gasteiger partial charge in [0.25, 0.3) is 0 Å². The minimum Gasteiger partial charge on any atom is -0.507 e. The van der Waals surface area contributed by atoms with Crippen LogP contribution in [0.15, 0.2) is 77.1 Å². The van der Waals surface area contributed by atoms with Gasteiger partial charge in [-0.1, -0.05) is 45.2 Å². The minimum absolute atomic E-state index is 0.0446. The molecular formula is C34H37F2N5O4S. The topological polar surface area (TPSA) is 109 Å². The highest BCUT2D eigenvalue weighted by atomic mass is 32.2. The van der Waals surface area contributed by atoms with E-state index < -0.39 is 49.4 Å². The number of anilines is 1. The molecule has 0 radical (unpaired) electrons. The van der Waals surface area contributed by atoms with E-state index >= 15 is 8.78 Å². The van der Waals surface area contributed by atoms with Crippen molar-refractivity contribution >= 4 is 26.7 Å². The van der Waals surface area contributed by atoms with Crippen molar-refractivity contribution in [3.05, 3.63) is 95.1 Å². The van der Waals surface area contributed by atoms with Crippen molar-refractivity contribution < 1.29 is 22.3 Å². The summed E-state index contributed by atoms with van der Waals surface area (Å²) in [6.07, 6.45) is 1.66. The van der Waals surface area contributed by atoms with Gasteiger partial charge in [0.1, 0.15) is 23.1 Å². The fourth-order valence-corrected chi connectivity index (χ4v) is 7.09. The van der Waals surface area contributed by atoms with E-state index in [1.54, 1.807) is 18.2 Å². The number of nitrogens with zero attached hydrogens (tertiary/aromatic N) is 5. The molecule has 2 aromatic heterocycles. The molecule has 1 atom stereocenters. The SMILES string of the molecule is C=CC(=C)N1CCN(c2nc(=O)n(-c3c(C(C)C)cccc3S(=O)(=O)C(C)C)c3nc(-c4c(O)cccc4F)c(F)cc23)[C@@H](C)C1. The van der Waals surface area contributed by atoms with E-state index in [4.69, 9.17) is 0 Å². The highest BCUT2D eigenvalue weighted by Gasteiger charge is 2.32. The Hall–Kier alpha value is -4.58. The summed E-state index contributed by atoms with van der Waals surface area (Å²) in [5.74, 6) is -2.53. The average Bonchev–Trinajstić information content (AvgIpc) is 3.00. The quantitative estimate of drug-likeness (QED) is 0.234. The van der Waals surface area contributed by atoms with Gasteiger partial charge in [-0.15, -0.1) is 0 Å². The number of fused-ring (bicyclic) bond motifs is 1. The molecule has 1 aliphatic rings. The third-order valence-corrected chi connectivity index (χ3v) is 10.6. The lowest BCUT2D eigenvalue weighted by molar-refractivity contribution is 0.291. The van der Waals surface area contributed by atoms with E-state index in [1.165, 1.54) is 32.0 Å². The number of aromatic nitrogens is 3. The second-order valence-electron chi connectivity index (χ2n) is 12.0. The Kier molecular flexibility index (Phi) is 8.78. The molecule has 1 fully saturated rings. The second kappa shape index (κ2) is 12.3. The number of phenols is 1. The van der Waals surface area contributed by atoms with E-state index in [9.17, 15) is 18.3 Å². The number of rotatable bonds is 8. The molecule has 5 rings (SSSR count). The van der Waals surface area contributed by atoms with Crippen LogP contribution < -0.4 is 10.6 Å². The summed E-state index contributed by atoms with van der Waals surface area (Å²) in [6.45, 7) is 18.0. The lowest BCUT2D eigenvalue weighted by Crippen LogP contribution is -2.52. The summed E-state index contributed by atoms with van der Waals surface area (Å²) in [5.41, 5.74) is -0.698. The van der Waals surface area contributed by atoms with Crippen molar-refractivity contribution in [2.24, 2.45) is 0 Å². The van der Waals surface area contributed by atoms with Crippen LogP contribution in [0.4, 0.5) is 14.6 Å². The normalized spacial score (nSPS) is 15.6. The third kappa shape index (κ3) is 5.55. The molecule has 0 saturated carbocycles. The average molecular weight is 650 g/mol. The maximum atomic E-state index is 16.0. The van der Waals surface area contributed by atoms with E-state index in [0.717, 1.165) is 22.4 Å². The van der Waals surface area contributed by atoms with Gasteiger partial charge in [0.05, 0.1) is 26.8 Å². The molecular weight excluding hydrogens is 612 g/mol. The summed E-state index contributed by atoms with van der Waals surface area (Å²) in [6, 6.07) is 9.18. The fraction of sp³-hybridized carbons (Fsp3) is 0.324. The molecule has 46 heavy (non-hydrogen) atoms. The molecule has 12 heteroatoms. The number of pyridine rings is 1. The van der Waals surface area contributed by atoms with Gasteiger partial charge < -0.3 is 14.9 Å². The van der Waals surface area contributed by atoms with Crippen LogP contribution in [-0.4, -0.2) is 63.9 Å². The summed E-state index contributed by atoms with van der Waals surface area (Å²) in [4.78, 5) is 27.0. The Morgan fingerprint density at radius 1 is 1.07 bits per heavy atom. The molecule has 0 bridgehead atoms. The Labute approximate surface area is 267 Å². The fourth-order valence-electron chi connectivity index (χ4n) is 5.84. The molecule has 0 aliphatic carbocycles. The summed E-state index contributed by atoms with van der Waals surface area (Å²) in [7, 11) is -3.96. The number of halogens is 2. The number of aromatic hydroxyl groups is 1. The largest absolute Gasteiger partial charge is 0.507 e. The molecule has 9 nitrogen and oxygen atoms in total. The zero-order valence-corrected chi connectivity index (χ0v) is 27.3. The lowest BCUT2D eigenvalue weighted by Gasteiger charge is -2.42. The van der Waals surface area contributed by atoms with Crippen LogP contribution in [-0.2, 0) is 9.84 Å². The summed E-state index contributed by atoms with van der Waals surface area (Å²) >= 11 is 0. The molecule has 1 saturated heterocycles. The first-order chi connectivity index (χ1) is 21.7. The Bertz CT molecular complexity index is 2020. The Morgan fingerprint density at radius 3 is 2.37 bits per heavy atom. The highest BCUT2D eigenvalue weighted by Crippen LogP contribution is 2.38. The monoisotopic (exact) mass is 649 g/mol. The first-order valence-corrected chi connectivity index (χ1v) is 16.5. The first kappa shape index (κ1) is 32.8. The number of hydrogen-bond donors (Lipinski definition) is 1. The van der Waals surface area contributed by atoms with E-state index in [1.807, 2.05) is 30.6 Å². The molecule has 4 aromatic rings. The lowest BCUT2D eigenvalue weighted by atomic mass is 10.0. The van der Waals surface area contributed by atoms with Gasteiger partial charge in [-0.25, -0.2) is 31.5 Å². The van der Waals surface area contributed by atoms with Crippen molar-refractivity contribution in [3.8, 4) is 22.7 Å². The number of piperazine rings is 1. The molecule has 1 aliphatic heterocycles. The van der Waals surface area contributed by atoms with Crippen LogP contribution in [0.1, 0.15) is 46.1 Å². The predicted molar refractivity (Wildman–Crippen MR) is 176 cm³/mol. The van der Waals surface area contributed by atoms with Crippen molar-refractivity contribution in [1.82, 2.24) is 19.4 Å². The highest BCUT2D eigenvalue weighted by molar-refractivity contribution is 7.92. The van der Waals surface area contributed by atoms with Gasteiger partial charge in [-0.3, -0.25) is 0 Å². The molecule has 242 valence electrons. The number of benzene rings is 2. The number of sulfone groups is 1. The molecule has 2 aromatic carbocycles. The smallest absolute Gasteiger partial charge is 0.355 e. The second-order valence-corrected chi connectivity index (χ2v) is 14.5. The third-order valence-electron chi connectivity index (χ3n) is 8.37. The van der Waals surface area contributed by atoms with Crippen LogP contribution in [0.3, 0.4) is 0 Å².